The summed E-state index contributed by atoms with van der Waals surface area (Å²) in [7, 11) is -0.0661. The number of furan rings is 1. The van der Waals surface area contributed by atoms with Crippen molar-refractivity contribution in [1.82, 2.24) is 15.3 Å². The van der Waals surface area contributed by atoms with E-state index in [1.807, 2.05) is 75.4 Å². The molecule has 5 rings (SSSR count). The summed E-state index contributed by atoms with van der Waals surface area (Å²) in [4.78, 5) is 23.1. The van der Waals surface area contributed by atoms with Crippen molar-refractivity contribution in [3.8, 4) is 22.5 Å². The van der Waals surface area contributed by atoms with Crippen LogP contribution in [0.1, 0.15) is 45.6 Å². The number of ether oxygens (including phenoxy) is 1. The molecule has 0 aliphatic heterocycles. The third-order valence-electron chi connectivity index (χ3n) is 6.98. The van der Waals surface area contributed by atoms with Gasteiger partial charge in [-0.05, 0) is 51.2 Å². The summed E-state index contributed by atoms with van der Waals surface area (Å²) in [6.07, 6.45) is 3.30. The smallest absolute Gasteiger partial charge is 0.408 e. The van der Waals surface area contributed by atoms with Crippen LogP contribution in [0.2, 0.25) is 0 Å². The van der Waals surface area contributed by atoms with E-state index >= 15 is 0 Å². The van der Waals surface area contributed by atoms with Crippen LogP contribution < -0.4 is 10.2 Å². The van der Waals surface area contributed by atoms with Gasteiger partial charge in [0, 0.05) is 31.5 Å². The van der Waals surface area contributed by atoms with Gasteiger partial charge in [-0.1, -0.05) is 54.6 Å². The molecule has 0 unspecified atom stereocenters. The molecule has 2 heterocycles. The maximum absolute atomic E-state index is 12.6. The minimum absolute atomic E-state index is 0.194. The number of nitrogens with zero attached hydrogens (tertiary/aromatic N) is 3. The normalized spacial score (nSPS) is 14.9. The molecule has 2 aromatic carbocycles. The number of amides is 1. The fourth-order valence-corrected chi connectivity index (χ4v) is 5.49. The summed E-state index contributed by atoms with van der Waals surface area (Å²) in [6.45, 7) is 5.53. The fourth-order valence-electron chi connectivity index (χ4n) is 4.99. The molecule has 9 nitrogen and oxygen atoms in total. The van der Waals surface area contributed by atoms with E-state index in [2.05, 4.69) is 15.3 Å². The van der Waals surface area contributed by atoms with Gasteiger partial charge in [-0.3, -0.25) is 0 Å². The van der Waals surface area contributed by atoms with E-state index in [-0.39, 0.29) is 10.9 Å². The Balaban J connectivity index is 1.63. The number of carbonyl (C=O) groups is 1. The van der Waals surface area contributed by atoms with Crippen LogP contribution in [0.3, 0.4) is 0 Å². The molecule has 40 heavy (non-hydrogen) atoms. The Kier molecular flexibility index (Phi) is 6.86. The number of hydrogen-bond acceptors (Lipinski definition) is 8. The molecule has 4 aromatic rings. The standard InChI is InChI=1S/C30H34N4O5S/c1-29(2,3)39-28(35)33-30(17-10-18-30)21-15-13-20(14-16-21)24-22(19-11-8-7-9-12-19)23-25(34(4)5)31-27(40(6,36)37)32-26(23)38-24/h7-9,11-16H,10,17-18H2,1-6H3,(H,33,35). The Bertz CT molecular complexity index is 1670. The lowest BCUT2D eigenvalue weighted by Crippen LogP contribution is -2.52. The van der Waals surface area contributed by atoms with Gasteiger partial charge in [-0.25, -0.2) is 18.2 Å². The number of benzene rings is 2. The second kappa shape index (κ2) is 9.92. The summed E-state index contributed by atoms with van der Waals surface area (Å²) in [5.74, 6) is 1.00. The van der Waals surface area contributed by atoms with Gasteiger partial charge >= 0.3 is 6.09 Å². The van der Waals surface area contributed by atoms with Crippen molar-refractivity contribution in [1.29, 1.82) is 0 Å². The van der Waals surface area contributed by atoms with E-state index < -0.39 is 27.1 Å². The molecule has 2 aromatic heterocycles. The SMILES string of the molecule is CN(C)c1nc(S(C)(=O)=O)nc2oc(-c3ccc(C4(NC(=O)OC(C)(C)C)CCC4)cc3)c(-c3ccccc3)c12. The average Bonchev–Trinajstić information content (AvgIpc) is 3.24. The van der Waals surface area contributed by atoms with Crippen LogP contribution in [0.25, 0.3) is 33.6 Å². The highest BCUT2D eigenvalue weighted by Gasteiger charge is 2.41. The van der Waals surface area contributed by atoms with E-state index in [0.717, 1.165) is 47.8 Å². The van der Waals surface area contributed by atoms with Crippen molar-refractivity contribution in [2.24, 2.45) is 0 Å². The zero-order chi connectivity index (χ0) is 28.9. The molecule has 0 atom stereocenters. The third-order valence-corrected chi connectivity index (χ3v) is 7.82. The van der Waals surface area contributed by atoms with Crippen LogP contribution >= 0.6 is 0 Å². The molecule has 1 aliphatic rings. The lowest BCUT2D eigenvalue weighted by Gasteiger charge is -2.43. The predicted molar refractivity (Wildman–Crippen MR) is 155 cm³/mol. The summed E-state index contributed by atoms with van der Waals surface area (Å²) < 4.78 is 36.6. The highest BCUT2D eigenvalue weighted by Crippen LogP contribution is 2.45. The molecule has 1 amide bonds. The minimum atomic E-state index is -3.68. The zero-order valence-electron chi connectivity index (χ0n) is 23.6. The first-order chi connectivity index (χ1) is 18.8. The number of hydrogen-bond donors (Lipinski definition) is 1. The van der Waals surface area contributed by atoms with E-state index in [0.29, 0.717) is 17.0 Å². The third kappa shape index (κ3) is 5.28. The Morgan fingerprint density at radius 1 is 1.00 bits per heavy atom. The molecular weight excluding hydrogens is 528 g/mol. The molecule has 1 aliphatic carbocycles. The van der Waals surface area contributed by atoms with Crippen molar-refractivity contribution >= 4 is 32.8 Å². The number of fused-ring (bicyclic) bond motifs is 1. The van der Waals surface area contributed by atoms with Gasteiger partial charge in [-0.15, -0.1) is 0 Å². The summed E-state index contributed by atoms with van der Waals surface area (Å²) in [5, 5.41) is 3.43. The number of alkyl carbamates (subject to hydrolysis) is 1. The maximum atomic E-state index is 12.6. The highest BCUT2D eigenvalue weighted by molar-refractivity contribution is 7.90. The zero-order valence-corrected chi connectivity index (χ0v) is 24.4. The van der Waals surface area contributed by atoms with Gasteiger partial charge in [0.1, 0.15) is 17.2 Å². The Labute approximate surface area is 234 Å². The molecule has 210 valence electrons. The van der Waals surface area contributed by atoms with E-state index in [1.165, 1.54) is 0 Å². The van der Waals surface area contributed by atoms with Gasteiger partial charge in [0.05, 0.1) is 10.9 Å². The van der Waals surface area contributed by atoms with Gasteiger partial charge in [0.2, 0.25) is 15.6 Å². The molecule has 0 bridgehead atoms. The van der Waals surface area contributed by atoms with Crippen molar-refractivity contribution in [2.75, 3.05) is 25.3 Å². The Hall–Kier alpha value is -3.92. The Morgan fingerprint density at radius 2 is 1.65 bits per heavy atom. The van der Waals surface area contributed by atoms with Crippen molar-refractivity contribution in [2.45, 2.75) is 56.3 Å². The van der Waals surface area contributed by atoms with Gasteiger partial charge in [-0.2, -0.15) is 4.98 Å². The maximum Gasteiger partial charge on any atom is 0.408 e. The number of sulfone groups is 1. The topological polar surface area (TPSA) is 115 Å². The van der Waals surface area contributed by atoms with Crippen LogP contribution in [-0.4, -0.2) is 50.4 Å². The van der Waals surface area contributed by atoms with Crippen LogP contribution in [0.5, 0.6) is 0 Å². The van der Waals surface area contributed by atoms with E-state index in [9.17, 15) is 13.2 Å². The molecular formula is C30H34N4O5S. The quantitative estimate of drug-likeness (QED) is 0.288. The average molecular weight is 563 g/mol. The number of aromatic nitrogens is 2. The van der Waals surface area contributed by atoms with Gasteiger partial charge in [0.15, 0.2) is 0 Å². The number of rotatable bonds is 6. The highest BCUT2D eigenvalue weighted by atomic mass is 32.2. The largest absolute Gasteiger partial charge is 0.444 e. The first-order valence-corrected chi connectivity index (χ1v) is 15.1. The van der Waals surface area contributed by atoms with E-state index in [4.69, 9.17) is 9.15 Å². The number of nitrogens with one attached hydrogen (secondary N) is 1. The van der Waals surface area contributed by atoms with Crippen LogP contribution in [0.15, 0.2) is 64.2 Å². The number of anilines is 1. The predicted octanol–water partition coefficient (Wildman–Crippen LogP) is 5.93. The summed E-state index contributed by atoms with van der Waals surface area (Å²) in [5.41, 5.74) is 2.57. The lowest BCUT2D eigenvalue weighted by molar-refractivity contribution is 0.0377. The fraction of sp³-hybridized carbons (Fsp3) is 0.367. The lowest BCUT2D eigenvalue weighted by atomic mass is 9.71. The monoisotopic (exact) mass is 562 g/mol. The van der Waals surface area contributed by atoms with E-state index in [1.54, 1.807) is 19.0 Å². The van der Waals surface area contributed by atoms with Crippen LogP contribution in [0, 0.1) is 0 Å². The first kappa shape index (κ1) is 27.6. The summed E-state index contributed by atoms with van der Waals surface area (Å²) in [6, 6.07) is 17.6. The van der Waals surface area contributed by atoms with Crippen molar-refractivity contribution in [3.63, 3.8) is 0 Å². The molecule has 0 radical (unpaired) electrons. The molecule has 0 saturated heterocycles. The molecule has 1 fully saturated rings. The second-order valence-corrected chi connectivity index (χ2v) is 13.4. The molecule has 1 saturated carbocycles. The van der Waals surface area contributed by atoms with Gasteiger partial charge in [0.25, 0.3) is 5.16 Å². The van der Waals surface area contributed by atoms with Crippen molar-refractivity contribution in [3.05, 3.63) is 60.2 Å². The molecule has 1 N–H and O–H groups in total. The number of carbonyl (C=O) groups excluding carboxylic acids is 1. The first-order valence-electron chi connectivity index (χ1n) is 13.2. The second-order valence-electron chi connectivity index (χ2n) is 11.5. The summed E-state index contributed by atoms with van der Waals surface area (Å²) >= 11 is 0. The van der Waals surface area contributed by atoms with Crippen LogP contribution in [-0.2, 0) is 20.1 Å². The van der Waals surface area contributed by atoms with Gasteiger partial charge < -0.3 is 19.4 Å². The van der Waals surface area contributed by atoms with Crippen molar-refractivity contribution < 1.29 is 22.4 Å². The molecule has 10 heteroatoms. The minimum Gasteiger partial charge on any atom is -0.444 e. The van der Waals surface area contributed by atoms with Crippen LogP contribution in [0.4, 0.5) is 10.6 Å². The molecule has 0 spiro atoms. The Morgan fingerprint density at radius 3 is 2.17 bits per heavy atom.